The topological polar surface area (TPSA) is 78.9 Å². The van der Waals surface area contributed by atoms with Crippen molar-refractivity contribution in [3.05, 3.63) is 0 Å². The van der Waals surface area contributed by atoms with Gasteiger partial charge in [-0.2, -0.15) is 0 Å². The maximum Gasteiger partial charge on any atom is 0.306 e. The number of carbonyl (C=O) groups is 3. The smallest absolute Gasteiger partial charge is 0.306 e. The molecule has 0 radical (unpaired) electrons. The molecule has 0 aliphatic rings. The lowest BCUT2D eigenvalue weighted by atomic mass is 10.0. The molecule has 0 aromatic rings. The SMILES string of the molecule is CCCCCCCCCCCCCCCCCCC(=O)O[C@@H](COC(=O)CCCCCCCCCCCCCCCCC(C)C)COC(=O)CCCCCCCCCCCC(C)C. The summed E-state index contributed by atoms with van der Waals surface area (Å²) in [6, 6.07) is 0. The molecule has 0 aliphatic heterocycles. The van der Waals surface area contributed by atoms with Crippen LogP contribution in [0.25, 0.3) is 0 Å². The Morgan fingerprint density at radius 2 is 0.524 bits per heavy atom. The van der Waals surface area contributed by atoms with Crippen molar-refractivity contribution in [3.8, 4) is 0 Å². The molecule has 0 aliphatic carbocycles. The zero-order valence-electron chi connectivity index (χ0n) is 43.2. The number of unbranched alkanes of at least 4 members (excludes halogenated alkanes) is 36. The molecular weight excluding hydrogens is 781 g/mol. The summed E-state index contributed by atoms with van der Waals surface area (Å²) in [6.45, 7) is 11.4. The van der Waals surface area contributed by atoms with E-state index in [0.717, 1.165) is 69.6 Å². The summed E-state index contributed by atoms with van der Waals surface area (Å²) in [4.78, 5) is 38.1. The van der Waals surface area contributed by atoms with Crippen molar-refractivity contribution in [2.45, 2.75) is 323 Å². The van der Waals surface area contributed by atoms with Crippen LogP contribution in [-0.2, 0) is 28.6 Å². The fourth-order valence-corrected chi connectivity index (χ4v) is 8.70. The van der Waals surface area contributed by atoms with Gasteiger partial charge in [-0.3, -0.25) is 14.4 Å². The number of rotatable bonds is 51. The highest BCUT2D eigenvalue weighted by Gasteiger charge is 2.19. The van der Waals surface area contributed by atoms with E-state index in [1.165, 1.54) is 205 Å². The second-order valence-corrected chi connectivity index (χ2v) is 20.5. The van der Waals surface area contributed by atoms with E-state index in [0.29, 0.717) is 19.3 Å². The van der Waals surface area contributed by atoms with Crippen molar-refractivity contribution in [2.24, 2.45) is 11.8 Å². The predicted molar refractivity (Wildman–Crippen MR) is 270 cm³/mol. The molecule has 0 saturated carbocycles. The van der Waals surface area contributed by atoms with Crippen LogP contribution in [0.3, 0.4) is 0 Å². The summed E-state index contributed by atoms with van der Waals surface area (Å²) >= 11 is 0. The molecule has 0 unspecified atom stereocenters. The normalized spacial score (nSPS) is 12.0. The van der Waals surface area contributed by atoms with Gasteiger partial charge in [0, 0.05) is 19.3 Å². The van der Waals surface area contributed by atoms with E-state index in [1.807, 2.05) is 0 Å². The molecule has 0 aromatic carbocycles. The fourth-order valence-electron chi connectivity index (χ4n) is 8.70. The first-order valence-electron chi connectivity index (χ1n) is 28.2. The van der Waals surface area contributed by atoms with Gasteiger partial charge in [0.1, 0.15) is 13.2 Å². The van der Waals surface area contributed by atoms with Gasteiger partial charge < -0.3 is 14.2 Å². The van der Waals surface area contributed by atoms with Crippen molar-refractivity contribution in [2.75, 3.05) is 13.2 Å². The lowest BCUT2D eigenvalue weighted by Gasteiger charge is -2.18. The minimum atomic E-state index is -0.762. The van der Waals surface area contributed by atoms with Crippen LogP contribution in [0.1, 0.15) is 317 Å². The lowest BCUT2D eigenvalue weighted by molar-refractivity contribution is -0.167. The summed E-state index contributed by atoms with van der Waals surface area (Å²) in [5.41, 5.74) is 0. The summed E-state index contributed by atoms with van der Waals surface area (Å²) in [5, 5.41) is 0. The van der Waals surface area contributed by atoms with Gasteiger partial charge in [0.25, 0.3) is 0 Å². The van der Waals surface area contributed by atoms with Crippen LogP contribution < -0.4 is 0 Å². The minimum Gasteiger partial charge on any atom is -0.462 e. The Morgan fingerprint density at radius 3 is 0.778 bits per heavy atom. The summed E-state index contributed by atoms with van der Waals surface area (Å²) in [7, 11) is 0. The third kappa shape index (κ3) is 51.3. The van der Waals surface area contributed by atoms with Gasteiger partial charge in [-0.25, -0.2) is 0 Å². The van der Waals surface area contributed by atoms with Gasteiger partial charge >= 0.3 is 17.9 Å². The zero-order chi connectivity index (χ0) is 46.1. The van der Waals surface area contributed by atoms with Crippen molar-refractivity contribution in [1.29, 1.82) is 0 Å². The molecule has 6 heteroatoms. The van der Waals surface area contributed by atoms with Gasteiger partial charge in [-0.15, -0.1) is 0 Å². The number of esters is 3. The molecule has 0 spiro atoms. The van der Waals surface area contributed by atoms with Crippen LogP contribution >= 0.6 is 0 Å². The summed E-state index contributed by atoms with van der Waals surface area (Å²) in [6.07, 6.45) is 52.4. The minimum absolute atomic E-state index is 0.0631. The first-order chi connectivity index (χ1) is 30.7. The first kappa shape index (κ1) is 61.4. The largest absolute Gasteiger partial charge is 0.462 e. The highest BCUT2D eigenvalue weighted by Crippen LogP contribution is 2.18. The van der Waals surface area contributed by atoms with Crippen molar-refractivity contribution < 1.29 is 28.6 Å². The van der Waals surface area contributed by atoms with Gasteiger partial charge in [0.15, 0.2) is 6.10 Å². The Hall–Kier alpha value is -1.59. The first-order valence-corrected chi connectivity index (χ1v) is 28.2. The predicted octanol–water partition coefficient (Wildman–Crippen LogP) is 18.5. The Morgan fingerprint density at radius 1 is 0.302 bits per heavy atom. The molecule has 374 valence electrons. The van der Waals surface area contributed by atoms with Crippen LogP contribution in [0.5, 0.6) is 0 Å². The van der Waals surface area contributed by atoms with Crippen molar-refractivity contribution in [3.63, 3.8) is 0 Å². The average Bonchev–Trinajstić information content (AvgIpc) is 3.25. The molecule has 0 rings (SSSR count). The highest BCUT2D eigenvalue weighted by atomic mass is 16.6. The third-order valence-corrected chi connectivity index (χ3v) is 13.0. The quantitative estimate of drug-likeness (QED) is 0.0344. The number of hydrogen-bond acceptors (Lipinski definition) is 6. The Kier molecular flexibility index (Phi) is 48.6. The van der Waals surface area contributed by atoms with Gasteiger partial charge in [-0.1, -0.05) is 279 Å². The molecule has 0 N–H and O–H groups in total. The molecule has 0 saturated heterocycles. The van der Waals surface area contributed by atoms with E-state index in [4.69, 9.17) is 14.2 Å². The maximum atomic E-state index is 12.8. The zero-order valence-corrected chi connectivity index (χ0v) is 43.2. The van der Waals surface area contributed by atoms with Gasteiger partial charge in [0.05, 0.1) is 0 Å². The highest BCUT2D eigenvalue weighted by molar-refractivity contribution is 5.71. The van der Waals surface area contributed by atoms with Crippen LogP contribution in [0.4, 0.5) is 0 Å². The molecule has 6 nitrogen and oxygen atoms in total. The van der Waals surface area contributed by atoms with E-state index in [1.54, 1.807) is 0 Å². The standard InChI is InChI=1S/C57H110O6/c1-6-7-8-9-10-11-12-13-14-15-20-23-28-34-39-44-49-57(60)63-54(51-62-56(59)48-43-38-33-29-24-26-31-36-41-46-53(4)5)50-61-55(58)47-42-37-32-27-22-19-17-16-18-21-25-30-35-40-45-52(2)3/h52-54H,6-51H2,1-5H3/t54-/m0/s1. The Balaban J connectivity index is 4.29. The van der Waals surface area contributed by atoms with Gasteiger partial charge in [-0.05, 0) is 31.1 Å². The van der Waals surface area contributed by atoms with E-state index in [2.05, 4.69) is 34.6 Å². The Labute approximate surface area is 393 Å². The van der Waals surface area contributed by atoms with Crippen molar-refractivity contribution in [1.82, 2.24) is 0 Å². The second kappa shape index (κ2) is 49.8. The summed E-state index contributed by atoms with van der Waals surface area (Å²) in [5.74, 6) is 0.811. The van der Waals surface area contributed by atoms with Crippen LogP contribution in [-0.4, -0.2) is 37.2 Å². The monoisotopic (exact) mass is 891 g/mol. The lowest BCUT2D eigenvalue weighted by Crippen LogP contribution is -2.30. The molecule has 0 amide bonds. The number of carbonyl (C=O) groups excluding carboxylic acids is 3. The van der Waals surface area contributed by atoms with Crippen molar-refractivity contribution >= 4 is 17.9 Å². The van der Waals surface area contributed by atoms with Crippen LogP contribution in [0.15, 0.2) is 0 Å². The molecule has 0 fully saturated rings. The maximum absolute atomic E-state index is 12.8. The Bertz CT molecular complexity index is 962. The fraction of sp³-hybridized carbons (Fsp3) is 0.947. The molecule has 0 heterocycles. The third-order valence-electron chi connectivity index (χ3n) is 13.0. The van der Waals surface area contributed by atoms with E-state index >= 15 is 0 Å². The molecular formula is C57H110O6. The number of hydrogen-bond donors (Lipinski definition) is 0. The molecule has 0 aromatic heterocycles. The van der Waals surface area contributed by atoms with E-state index in [-0.39, 0.29) is 31.1 Å². The molecule has 1 atom stereocenters. The van der Waals surface area contributed by atoms with E-state index < -0.39 is 6.10 Å². The summed E-state index contributed by atoms with van der Waals surface area (Å²) < 4.78 is 16.9. The molecule has 63 heavy (non-hydrogen) atoms. The van der Waals surface area contributed by atoms with E-state index in [9.17, 15) is 14.4 Å². The second-order valence-electron chi connectivity index (χ2n) is 20.5. The molecule has 0 bridgehead atoms. The van der Waals surface area contributed by atoms with Crippen LogP contribution in [0, 0.1) is 11.8 Å². The van der Waals surface area contributed by atoms with Gasteiger partial charge in [0.2, 0.25) is 0 Å². The van der Waals surface area contributed by atoms with Crippen LogP contribution in [0.2, 0.25) is 0 Å². The number of ether oxygens (including phenoxy) is 3. The average molecular weight is 892 g/mol.